The quantitative estimate of drug-likeness (QED) is 0.533. The number of urea groups is 1. The zero-order valence-corrected chi connectivity index (χ0v) is 11.9. The Hall–Kier alpha value is -2.84. The molecule has 21 heavy (non-hydrogen) atoms. The van der Waals surface area contributed by atoms with Crippen LogP contribution in [0.5, 0.6) is 0 Å². The third-order valence-corrected chi connectivity index (χ3v) is 2.48. The third-order valence-electron chi connectivity index (χ3n) is 1.65. The van der Waals surface area contributed by atoms with Crippen LogP contribution in [-0.4, -0.2) is 29.8 Å². The van der Waals surface area contributed by atoms with E-state index in [1.54, 1.807) is 5.38 Å². The van der Waals surface area contributed by atoms with Gasteiger partial charge >= 0.3 is 6.03 Å². The minimum atomic E-state index is -0.688. The molecule has 4 N–H and O–H groups in total. The second-order valence-electron chi connectivity index (χ2n) is 3.39. The molecule has 0 fully saturated rings. The number of nitrogens with one attached hydrogen (secondary N) is 2. The van der Waals surface area contributed by atoms with Crippen LogP contribution in [0, 0.1) is 0 Å². The predicted molar refractivity (Wildman–Crippen MR) is 74.5 cm³/mol. The maximum absolute atomic E-state index is 11.1. The lowest BCUT2D eigenvalue weighted by Crippen LogP contribution is -2.32. The van der Waals surface area contributed by atoms with E-state index in [0.717, 1.165) is 17.4 Å². The maximum Gasteiger partial charge on any atom is 0.326 e. The molecule has 0 spiro atoms. The fourth-order valence-corrected chi connectivity index (χ4v) is 1.75. The topological polar surface area (TPSA) is 148 Å². The number of imide groups is 1. The van der Waals surface area contributed by atoms with Gasteiger partial charge in [-0.1, -0.05) is 0 Å². The van der Waals surface area contributed by atoms with E-state index < -0.39 is 23.8 Å². The minimum Gasteiger partial charge on any atom is -0.366 e. The van der Waals surface area contributed by atoms with Crippen molar-refractivity contribution in [1.29, 1.82) is 0 Å². The summed E-state index contributed by atoms with van der Waals surface area (Å²) >= 11 is 1.15. The Kier molecular flexibility index (Phi) is 7.89. The van der Waals surface area contributed by atoms with Crippen molar-refractivity contribution in [3.63, 3.8) is 0 Å². The van der Waals surface area contributed by atoms with E-state index in [9.17, 15) is 19.2 Å². The van der Waals surface area contributed by atoms with Gasteiger partial charge in [-0.05, 0) is 11.4 Å². The van der Waals surface area contributed by atoms with E-state index >= 15 is 0 Å². The molecule has 1 aromatic heterocycles. The van der Waals surface area contributed by atoms with E-state index in [2.05, 4.69) is 10.3 Å². The summed E-state index contributed by atoms with van der Waals surface area (Å²) in [6, 6.07) is 0.809. The smallest absolute Gasteiger partial charge is 0.326 e. The first-order chi connectivity index (χ1) is 9.77. The van der Waals surface area contributed by atoms with Gasteiger partial charge in [-0.3, -0.25) is 25.0 Å². The van der Waals surface area contributed by atoms with Gasteiger partial charge in [-0.2, -0.15) is 0 Å². The second kappa shape index (κ2) is 9.13. The Morgan fingerprint density at radius 1 is 1.29 bits per heavy atom. The number of rotatable bonds is 2. The third kappa shape index (κ3) is 8.03. The number of aliphatic imine (C=N–C) groups is 1. The van der Waals surface area contributed by atoms with Gasteiger partial charge in [-0.25, -0.2) is 9.59 Å². The lowest BCUT2D eigenvalue weighted by atomic mass is 10.3. The molecule has 0 atom stereocenters. The standard InChI is InChI=1S/C8H9N3O3S.C3H3NO2/c1-4(12)10-8(14)11-7-5(6(9)13)2-3-15-7;1-3(6)4-2-5/h2-3H,1H3,(H2,9,13)(H2,10,11,12,14);1H3. The molecule has 0 aliphatic carbocycles. The minimum absolute atomic E-state index is 0.221. The molecule has 1 heterocycles. The fraction of sp³-hybridized carbons (Fsp3) is 0.182. The van der Waals surface area contributed by atoms with Crippen molar-refractivity contribution in [3.8, 4) is 0 Å². The summed E-state index contributed by atoms with van der Waals surface area (Å²) in [5, 5.41) is 6.30. The number of nitrogens with zero attached hydrogens (tertiary/aromatic N) is 1. The zero-order chi connectivity index (χ0) is 16.4. The summed E-state index contributed by atoms with van der Waals surface area (Å²) in [7, 11) is 0. The number of hydrogen-bond donors (Lipinski definition) is 3. The molecule has 0 aromatic carbocycles. The highest BCUT2D eigenvalue weighted by Gasteiger charge is 2.12. The molecular formula is C11H12N4O5S. The molecule has 1 aromatic rings. The van der Waals surface area contributed by atoms with Crippen LogP contribution in [-0.2, 0) is 14.4 Å². The highest BCUT2D eigenvalue weighted by Crippen LogP contribution is 2.22. The van der Waals surface area contributed by atoms with Gasteiger partial charge in [0.2, 0.25) is 12.0 Å². The Labute approximate surface area is 123 Å². The highest BCUT2D eigenvalue weighted by molar-refractivity contribution is 7.14. The Balaban J connectivity index is 0.000000567. The van der Waals surface area contributed by atoms with E-state index in [-0.39, 0.29) is 5.56 Å². The summed E-state index contributed by atoms with van der Waals surface area (Å²) in [5.74, 6) is -1.62. The van der Waals surface area contributed by atoms with Crippen LogP contribution in [0.3, 0.4) is 0 Å². The van der Waals surface area contributed by atoms with Crippen molar-refractivity contribution in [3.05, 3.63) is 17.0 Å². The molecule has 0 aliphatic rings. The van der Waals surface area contributed by atoms with Gasteiger partial charge in [-0.15, -0.1) is 16.3 Å². The first-order valence-electron chi connectivity index (χ1n) is 5.32. The number of carbonyl (C=O) groups is 4. The number of amides is 5. The normalized spacial score (nSPS) is 8.48. The van der Waals surface area contributed by atoms with Gasteiger partial charge in [0.25, 0.3) is 11.8 Å². The van der Waals surface area contributed by atoms with Crippen molar-refractivity contribution in [1.82, 2.24) is 5.32 Å². The number of primary amides is 1. The zero-order valence-electron chi connectivity index (χ0n) is 11.1. The molecule has 0 unspecified atom stereocenters. The Bertz CT molecular complexity index is 604. The van der Waals surface area contributed by atoms with E-state index in [1.165, 1.54) is 19.9 Å². The summed E-state index contributed by atoms with van der Waals surface area (Å²) in [6.07, 6.45) is 1.09. The average molecular weight is 312 g/mol. The highest BCUT2D eigenvalue weighted by atomic mass is 32.1. The van der Waals surface area contributed by atoms with Crippen molar-refractivity contribution in [2.45, 2.75) is 13.8 Å². The molecule has 0 bridgehead atoms. The average Bonchev–Trinajstić information content (AvgIpc) is 2.76. The van der Waals surface area contributed by atoms with E-state index in [0.29, 0.717) is 5.00 Å². The number of nitrogens with two attached hydrogens (primary N) is 1. The van der Waals surface area contributed by atoms with Gasteiger partial charge in [0.05, 0.1) is 5.56 Å². The molecule has 0 radical (unpaired) electrons. The molecule has 1 rings (SSSR count). The summed E-state index contributed by atoms with van der Waals surface area (Å²) in [4.78, 5) is 53.9. The molecule has 9 nitrogen and oxygen atoms in total. The van der Waals surface area contributed by atoms with Crippen LogP contribution in [0.2, 0.25) is 0 Å². The fourth-order valence-electron chi connectivity index (χ4n) is 0.959. The van der Waals surface area contributed by atoms with Crippen LogP contribution in [0.1, 0.15) is 24.2 Å². The Morgan fingerprint density at radius 3 is 2.29 bits per heavy atom. The molecule has 5 amide bonds. The predicted octanol–water partition coefficient (Wildman–Crippen LogP) is 0.384. The van der Waals surface area contributed by atoms with Crippen molar-refractivity contribution in [2.75, 3.05) is 5.32 Å². The van der Waals surface area contributed by atoms with Crippen molar-refractivity contribution >= 4 is 46.2 Å². The van der Waals surface area contributed by atoms with Gasteiger partial charge in [0.15, 0.2) is 0 Å². The number of anilines is 1. The SMILES string of the molecule is CC(=O)N=C=O.CC(=O)NC(=O)Nc1sccc1C(N)=O. The van der Waals surface area contributed by atoms with Crippen LogP contribution in [0.4, 0.5) is 9.80 Å². The number of hydrogen-bond acceptors (Lipinski definition) is 6. The number of thiophene rings is 1. The first-order valence-corrected chi connectivity index (χ1v) is 6.20. The summed E-state index contributed by atoms with van der Waals surface area (Å²) in [5.41, 5.74) is 5.29. The molecular weight excluding hydrogens is 300 g/mol. The molecule has 10 heteroatoms. The van der Waals surface area contributed by atoms with Gasteiger partial charge in [0.1, 0.15) is 5.00 Å². The Morgan fingerprint density at radius 2 is 1.90 bits per heavy atom. The van der Waals surface area contributed by atoms with Gasteiger partial charge in [0, 0.05) is 13.8 Å². The second-order valence-corrected chi connectivity index (χ2v) is 4.30. The molecule has 0 aliphatic heterocycles. The number of carbonyl (C=O) groups excluding carboxylic acids is 5. The van der Waals surface area contributed by atoms with Crippen LogP contribution >= 0.6 is 11.3 Å². The van der Waals surface area contributed by atoms with Gasteiger partial charge < -0.3 is 5.73 Å². The van der Waals surface area contributed by atoms with Crippen LogP contribution < -0.4 is 16.4 Å². The molecule has 0 saturated heterocycles. The van der Waals surface area contributed by atoms with E-state index in [1.807, 2.05) is 5.32 Å². The summed E-state index contributed by atoms with van der Waals surface area (Å²) < 4.78 is 0. The maximum atomic E-state index is 11.1. The van der Waals surface area contributed by atoms with E-state index in [4.69, 9.17) is 10.5 Å². The molecule has 112 valence electrons. The van der Waals surface area contributed by atoms with Crippen LogP contribution in [0.15, 0.2) is 16.4 Å². The lowest BCUT2D eigenvalue weighted by molar-refractivity contribution is -0.118. The first kappa shape index (κ1) is 18.2. The lowest BCUT2D eigenvalue weighted by Gasteiger charge is -2.03. The van der Waals surface area contributed by atoms with Crippen LogP contribution in [0.25, 0.3) is 0 Å². The summed E-state index contributed by atoms with van der Waals surface area (Å²) in [6.45, 7) is 2.40. The van der Waals surface area contributed by atoms with Crippen molar-refractivity contribution < 1.29 is 24.0 Å². The monoisotopic (exact) mass is 312 g/mol. The molecule has 0 saturated carbocycles. The van der Waals surface area contributed by atoms with Crippen molar-refractivity contribution in [2.24, 2.45) is 10.7 Å². The largest absolute Gasteiger partial charge is 0.366 e. The number of isocyanates is 1.